The zero-order valence-electron chi connectivity index (χ0n) is 9.44. The lowest BCUT2D eigenvalue weighted by Gasteiger charge is -2.06. The third-order valence-corrected chi connectivity index (χ3v) is 3.27. The van der Waals surface area contributed by atoms with Crippen LogP contribution in [-0.4, -0.2) is 27.0 Å². The highest BCUT2D eigenvalue weighted by molar-refractivity contribution is 7.90. The molecule has 1 aromatic carbocycles. The first-order valence-electron chi connectivity index (χ1n) is 5.21. The van der Waals surface area contributed by atoms with E-state index in [0.29, 0.717) is 19.5 Å². The summed E-state index contributed by atoms with van der Waals surface area (Å²) in [6, 6.07) is 7.64. The van der Waals surface area contributed by atoms with Crippen LogP contribution in [0, 0.1) is 0 Å². The van der Waals surface area contributed by atoms with Gasteiger partial charge in [-0.1, -0.05) is 18.2 Å². The summed E-state index contributed by atoms with van der Waals surface area (Å²) in [5.74, 6) is 0.226. The van der Waals surface area contributed by atoms with Crippen LogP contribution in [0.1, 0.15) is 12.0 Å². The van der Waals surface area contributed by atoms with Crippen molar-refractivity contribution in [2.75, 3.05) is 24.3 Å². The van der Waals surface area contributed by atoms with Gasteiger partial charge >= 0.3 is 0 Å². The molecule has 3 N–H and O–H groups in total. The Bertz CT molecular complexity index is 429. The molecule has 0 spiro atoms. The Hall–Kier alpha value is -1.07. The van der Waals surface area contributed by atoms with Gasteiger partial charge in [0, 0.05) is 18.5 Å². The summed E-state index contributed by atoms with van der Waals surface area (Å²) >= 11 is 0. The van der Waals surface area contributed by atoms with E-state index in [2.05, 4.69) is 5.32 Å². The molecular formula is C11H18N2O2S. The zero-order valence-corrected chi connectivity index (χ0v) is 10.3. The quantitative estimate of drug-likeness (QED) is 0.571. The summed E-state index contributed by atoms with van der Waals surface area (Å²) < 4.78 is 21.7. The third kappa shape index (κ3) is 5.14. The highest BCUT2D eigenvalue weighted by Crippen LogP contribution is 2.09. The molecular weight excluding hydrogens is 224 g/mol. The molecule has 0 atom stereocenters. The number of sulfone groups is 1. The Morgan fingerprint density at radius 3 is 2.62 bits per heavy atom. The van der Waals surface area contributed by atoms with E-state index in [-0.39, 0.29) is 5.75 Å². The maximum absolute atomic E-state index is 10.9. The third-order valence-electron chi connectivity index (χ3n) is 2.24. The molecule has 0 fully saturated rings. The standard InChI is InChI=1S/C11H18N2O2S/c1-16(14,15)8-4-7-13-9-10-5-2-3-6-11(10)12/h2-3,5-6,13H,4,7-9,12H2,1H3. The van der Waals surface area contributed by atoms with Crippen LogP contribution in [0.5, 0.6) is 0 Å². The van der Waals surface area contributed by atoms with Gasteiger partial charge in [0.15, 0.2) is 0 Å². The Labute approximate surface area is 96.8 Å². The van der Waals surface area contributed by atoms with Crippen molar-refractivity contribution in [1.82, 2.24) is 5.32 Å². The van der Waals surface area contributed by atoms with Crippen LogP contribution in [0.2, 0.25) is 0 Å². The van der Waals surface area contributed by atoms with Crippen molar-refractivity contribution in [2.45, 2.75) is 13.0 Å². The Kier molecular flexibility index (Phi) is 4.76. The average molecular weight is 242 g/mol. The highest BCUT2D eigenvalue weighted by Gasteiger charge is 2.01. The van der Waals surface area contributed by atoms with E-state index in [1.807, 2.05) is 24.3 Å². The number of benzene rings is 1. The molecule has 90 valence electrons. The minimum atomic E-state index is -2.84. The van der Waals surface area contributed by atoms with Crippen LogP contribution in [0.4, 0.5) is 5.69 Å². The minimum absolute atomic E-state index is 0.226. The molecule has 0 saturated carbocycles. The molecule has 16 heavy (non-hydrogen) atoms. The highest BCUT2D eigenvalue weighted by atomic mass is 32.2. The molecule has 0 heterocycles. The molecule has 5 heteroatoms. The van der Waals surface area contributed by atoms with Crippen LogP contribution in [-0.2, 0) is 16.4 Å². The van der Waals surface area contributed by atoms with Crippen LogP contribution in [0.3, 0.4) is 0 Å². The normalized spacial score (nSPS) is 11.6. The van der Waals surface area contributed by atoms with Crippen molar-refractivity contribution in [1.29, 1.82) is 0 Å². The second-order valence-electron chi connectivity index (χ2n) is 3.86. The second kappa shape index (κ2) is 5.86. The molecule has 0 aliphatic carbocycles. The largest absolute Gasteiger partial charge is 0.398 e. The molecule has 0 bridgehead atoms. The first-order chi connectivity index (χ1) is 7.49. The topological polar surface area (TPSA) is 72.2 Å². The number of rotatable bonds is 6. The molecule has 1 aromatic rings. The van der Waals surface area contributed by atoms with Crippen molar-refractivity contribution >= 4 is 15.5 Å². The fourth-order valence-electron chi connectivity index (χ4n) is 1.38. The zero-order chi connectivity index (χ0) is 12.0. The average Bonchev–Trinajstić information content (AvgIpc) is 2.18. The van der Waals surface area contributed by atoms with E-state index in [1.165, 1.54) is 6.26 Å². The van der Waals surface area contributed by atoms with Crippen LogP contribution in [0.25, 0.3) is 0 Å². The van der Waals surface area contributed by atoms with Crippen molar-refractivity contribution in [3.63, 3.8) is 0 Å². The van der Waals surface area contributed by atoms with E-state index in [9.17, 15) is 8.42 Å². The Balaban J connectivity index is 2.24. The number of nitrogens with one attached hydrogen (secondary N) is 1. The summed E-state index contributed by atoms with van der Waals surface area (Å²) in [7, 11) is -2.84. The number of para-hydroxylation sites is 1. The van der Waals surface area contributed by atoms with Gasteiger partial charge in [-0.25, -0.2) is 8.42 Å². The molecule has 0 radical (unpaired) electrons. The lowest BCUT2D eigenvalue weighted by atomic mass is 10.2. The fourth-order valence-corrected chi connectivity index (χ4v) is 2.05. The summed E-state index contributed by atoms with van der Waals surface area (Å²) in [5, 5.41) is 3.17. The van der Waals surface area contributed by atoms with Crippen LogP contribution in [0.15, 0.2) is 24.3 Å². The minimum Gasteiger partial charge on any atom is -0.398 e. The molecule has 4 nitrogen and oxygen atoms in total. The number of nitrogen functional groups attached to an aromatic ring is 1. The van der Waals surface area contributed by atoms with E-state index in [0.717, 1.165) is 11.3 Å². The predicted octanol–water partition coefficient (Wildman–Crippen LogP) is 0.793. The van der Waals surface area contributed by atoms with Crippen molar-refractivity contribution in [2.24, 2.45) is 0 Å². The van der Waals surface area contributed by atoms with Gasteiger partial charge in [-0.15, -0.1) is 0 Å². The number of anilines is 1. The summed E-state index contributed by atoms with van der Waals surface area (Å²) in [6.45, 7) is 1.36. The number of hydrogen-bond donors (Lipinski definition) is 2. The lowest BCUT2D eigenvalue weighted by molar-refractivity contribution is 0.594. The maximum Gasteiger partial charge on any atom is 0.147 e. The van der Waals surface area contributed by atoms with Gasteiger partial charge in [-0.3, -0.25) is 0 Å². The second-order valence-corrected chi connectivity index (χ2v) is 6.12. The van der Waals surface area contributed by atoms with Gasteiger partial charge in [0.05, 0.1) is 5.75 Å². The first-order valence-corrected chi connectivity index (χ1v) is 7.27. The molecule has 0 aliphatic heterocycles. The van der Waals surface area contributed by atoms with Gasteiger partial charge in [-0.05, 0) is 24.6 Å². The van der Waals surface area contributed by atoms with Crippen LogP contribution >= 0.6 is 0 Å². The molecule has 0 aromatic heterocycles. The SMILES string of the molecule is CS(=O)(=O)CCCNCc1ccccc1N. The van der Waals surface area contributed by atoms with E-state index in [4.69, 9.17) is 5.73 Å². The van der Waals surface area contributed by atoms with Gasteiger partial charge in [-0.2, -0.15) is 0 Å². The van der Waals surface area contributed by atoms with E-state index >= 15 is 0 Å². The summed E-state index contributed by atoms with van der Waals surface area (Å²) in [5.41, 5.74) is 7.57. The molecule has 0 aliphatic rings. The Morgan fingerprint density at radius 2 is 2.00 bits per heavy atom. The first kappa shape index (κ1) is 13.0. The smallest absolute Gasteiger partial charge is 0.147 e. The molecule has 1 rings (SSSR count). The molecule has 0 saturated heterocycles. The monoisotopic (exact) mass is 242 g/mol. The van der Waals surface area contributed by atoms with Crippen molar-refractivity contribution in [3.05, 3.63) is 29.8 Å². The summed E-state index contributed by atoms with van der Waals surface area (Å²) in [6.07, 6.45) is 1.88. The molecule has 0 unspecified atom stereocenters. The number of hydrogen-bond acceptors (Lipinski definition) is 4. The van der Waals surface area contributed by atoms with E-state index < -0.39 is 9.84 Å². The van der Waals surface area contributed by atoms with Crippen molar-refractivity contribution in [3.8, 4) is 0 Å². The van der Waals surface area contributed by atoms with Gasteiger partial charge in [0.25, 0.3) is 0 Å². The fraction of sp³-hybridized carbons (Fsp3) is 0.455. The van der Waals surface area contributed by atoms with E-state index in [1.54, 1.807) is 0 Å². The lowest BCUT2D eigenvalue weighted by Crippen LogP contribution is -2.18. The maximum atomic E-state index is 10.9. The van der Waals surface area contributed by atoms with Crippen LogP contribution < -0.4 is 11.1 Å². The Morgan fingerprint density at radius 1 is 1.31 bits per heavy atom. The van der Waals surface area contributed by atoms with Gasteiger partial charge in [0.2, 0.25) is 0 Å². The van der Waals surface area contributed by atoms with Crippen molar-refractivity contribution < 1.29 is 8.42 Å². The molecule has 0 amide bonds. The predicted molar refractivity (Wildman–Crippen MR) is 66.9 cm³/mol. The number of nitrogens with two attached hydrogens (primary N) is 1. The summed E-state index contributed by atoms with van der Waals surface area (Å²) in [4.78, 5) is 0. The van der Waals surface area contributed by atoms with Gasteiger partial charge in [0.1, 0.15) is 9.84 Å². The van der Waals surface area contributed by atoms with Gasteiger partial charge < -0.3 is 11.1 Å².